The number of nitrogens with two attached hydrogens (primary N) is 1. The molecule has 0 radical (unpaired) electrons. The van der Waals surface area contributed by atoms with E-state index in [4.69, 9.17) is 5.73 Å². The van der Waals surface area contributed by atoms with Crippen LogP contribution in [0.25, 0.3) is 0 Å². The van der Waals surface area contributed by atoms with Crippen molar-refractivity contribution in [1.29, 1.82) is 0 Å². The average Bonchev–Trinajstić information content (AvgIpc) is 2.64. The molecule has 1 heterocycles. The largest absolute Gasteiger partial charge is 0.337 e. The maximum atomic E-state index is 13.1. The van der Waals surface area contributed by atoms with Gasteiger partial charge in [-0.1, -0.05) is 25.7 Å². The molecular formula is C16H30N2O. The Labute approximate surface area is 117 Å². The minimum Gasteiger partial charge on any atom is -0.337 e. The van der Waals surface area contributed by atoms with Gasteiger partial charge in [-0.2, -0.15) is 0 Å². The molecule has 0 aromatic carbocycles. The second kappa shape index (κ2) is 6.25. The molecule has 2 aliphatic rings. The van der Waals surface area contributed by atoms with Gasteiger partial charge in [0.15, 0.2) is 0 Å². The van der Waals surface area contributed by atoms with E-state index >= 15 is 0 Å². The molecule has 1 aliphatic carbocycles. The van der Waals surface area contributed by atoms with Gasteiger partial charge < -0.3 is 10.6 Å². The van der Waals surface area contributed by atoms with E-state index in [2.05, 4.69) is 18.7 Å². The number of hydrogen-bond donors (Lipinski definition) is 1. The van der Waals surface area contributed by atoms with Crippen molar-refractivity contribution in [3.63, 3.8) is 0 Å². The lowest BCUT2D eigenvalue weighted by Crippen LogP contribution is -2.55. The third kappa shape index (κ3) is 2.96. The first kappa shape index (κ1) is 14.8. The number of piperidine rings is 1. The van der Waals surface area contributed by atoms with Crippen LogP contribution in [-0.2, 0) is 4.79 Å². The SMILES string of the molecule is C[C@@H]1CCC[C@H](C)N1C(=O)C1(CN)CCCCCC1. The number of amides is 1. The molecule has 0 unspecified atom stereocenters. The van der Waals surface area contributed by atoms with Gasteiger partial charge in [0, 0.05) is 18.6 Å². The third-order valence-electron chi connectivity index (χ3n) is 5.33. The average molecular weight is 266 g/mol. The van der Waals surface area contributed by atoms with Crippen molar-refractivity contribution in [3.8, 4) is 0 Å². The fraction of sp³-hybridized carbons (Fsp3) is 0.938. The lowest BCUT2D eigenvalue weighted by atomic mass is 9.77. The van der Waals surface area contributed by atoms with E-state index in [9.17, 15) is 4.79 Å². The normalized spacial score (nSPS) is 31.8. The summed E-state index contributed by atoms with van der Waals surface area (Å²) in [6.45, 7) is 4.94. The van der Waals surface area contributed by atoms with Crippen LogP contribution in [0.5, 0.6) is 0 Å². The van der Waals surface area contributed by atoms with Gasteiger partial charge in [-0.15, -0.1) is 0 Å². The van der Waals surface area contributed by atoms with Crippen LogP contribution in [0.3, 0.4) is 0 Å². The minimum atomic E-state index is -0.254. The summed E-state index contributed by atoms with van der Waals surface area (Å²) in [5, 5.41) is 0. The van der Waals surface area contributed by atoms with Crippen molar-refractivity contribution in [3.05, 3.63) is 0 Å². The van der Waals surface area contributed by atoms with E-state index in [1.54, 1.807) is 0 Å². The Kier molecular flexibility index (Phi) is 4.88. The van der Waals surface area contributed by atoms with Crippen molar-refractivity contribution in [2.24, 2.45) is 11.1 Å². The Balaban J connectivity index is 2.18. The molecule has 2 fully saturated rings. The fourth-order valence-electron chi connectivity index (χ4n) is 4.01. The molecular weight excluding hydrogens is 236 g/mol. The van der Waals surface area contributed by atoms with Gasteiger partial charge in [0.1, 0.15) is 0 Å². The summed E-state index contributed by atoms with van der Waals surface area (Å²) in [7, 11) is 0. The number of hydrogen-bond acceptors (Lipinski definition) is 2. The smallest absolute Gasteiger partial charge is 0.230 e. The second-order valence-electron chi connectivity index (χ2n) is 6.74. The zero-order valence-electron chi connectivity index (χ0n) is 12.7. The highest BCUT2D eigenvalue weighted by molar-refractivity contribution is 5.83. The van der Waals surface area contributed by atoms with Gasteiger partial charge in [0.2, 0.25) is 5.91 Å². The molecule has 1 saturated heterocycles. The van der Waals surface area contributed by atoms with Crippen LogP contribution in [0.15, 0.2) is 0 Å². The first-order valence-corrected chi connectivity index (χ1v) is 8.13. The van der Waals surface area contributed by atoms with Crippen LogP contribution in [0.1, 0.15) is 71.6 Å². The van der Waals surface area contributed by atoms with Crippen molar-refractivity contribution in [2.45, 2.75) is 83.7 Å². The van der Waals surface area contributed by atoms with Crippen molar-refractivity contribution < 1.29 is 4.79 Å². The van der Waals surface area contributed by atoms with Gasteiger partial charge in [-0.25, -0.2) is 0 Å². The Hall–Kier alpha value is -0.570. The van der Waals surface area contributed by atoms with Gasteiger partial charge >= 0.3 is 0 Å². The number of carbonyl (C=O) groups is 1. The van der Waals surface area contributed by atoms with E-state index in [0.29, 0.717) is 24.5 Å². The maximum absolute atomic E-state index is 13.1. The van der Waals surface area contributed by atoms with Crippen molar-refractivity contribution in [2.75, 3.05) is 6.54 Å². The standard InChI is InChI=1S/C16H30N2O/c1-13-8-7-9-14(2)18(13)15(19)16(12-17)10-5-3-4-6-11-16/h13-14H,3-12,17H2,1-2H3/t13-,14+. The molecule has 0 aromatic heterocycles. The fourth-order valence-corrected chi connectivity index (χ4v) is 4.01. The summed E-state index contributed by atoms with van der Waals surface area (Å²) in [4.78, 5) is 15.3. The molecule has 2 atom stereocenters. The van der Waals surface area contributed by atoms with E-state index in [-0.39, 0.29) is 5.41 Å². The molecule has 3 heteroatoms. The Bertz CT molecular complexity index is 298. The molecule has 3 nitrogen and oxygen atoms in total. The van der Waals surface area contributed by atoms with Crippen LogP contribution in [0.2, 0.25) is 0 Å². The van der Waals surface area contributed by atoms with E-state index in [1.165, 1.54) is 32.1 Å². The summed E-state index contributed by atoms with van der Waals surface area (Å²) < 4.78 is 0. The summed E-state index contributed by atoms with van der Waals surface area (Å²) in [5.41, 5.74) is 5.81. The number of carbonyl (C=O) groups excluding carboxylic acids is 1. The summed E-state index contributed by atoms with van der Waals surface area (Å²) >= 11 is 0. The van der Waals surface area contributed by atoms with Crippen molar-refractivity contribution >= 4 is 5.91 Å². The van der Waals surface area contributed by atoms with Gasteiger partial charge in [0.25, 0.3) is 0 Å². The van der Waals surface area contributed by atoms with Gasteiger partial charge in [-0.05, 0) is 46.0 Å². The lowest BCUT2D eigenvalue weighted by molar-refractivity contribution is -0.149. The Morgan fingerprint density at radius 3 is 2.05 bits per heavy atom. The molecule has 19 heavy (non-hydrogen) atoms. The maximum Gasteiger partial charge on any atom is 0.230 e. The second-order valence-corrected chi connectivity index (χ2v) is 6.74. The molecule has 1 aliphatic heterocycles. The zero-order valence-corrected chi connectivity index (χ0v) is 12.7. The molecule has 110 valence electrons. The van der Waals surface area contributed by atoms with Gasteiger partial charge in [-0.3, -0.25) is 4.79 Å². The zero-order chi connectivity index (χ0) is 13.9. The quantitative estimate of drug-likeness (QED) is 0.781. The third-order valence-corrected chi connectivity index (χ3v) is 5.33. The van der Waals surface area contributed by atoms with Crippen LogP contribution >= 0.6 is 0 Å². The monoisotopic (exact) mass is 266 g/mol. The van der Waals surface area contributed by atoms with Crippen LogP contribution in [-0.4, -0.2) is 29.4 Å². The first-order chi connectivity index (χ1) is 9.10. The molecule has 0 bridgehead atoms. The van der Waals surface area contributed by atoms with Crippen LogP contribution in [0.4, 0.5) is 0 Å². The first-order valence-electron chi connectivity index (χ1n) is 8.13. The molecule has 2 N–H and O–H groups in total. The summed E-state index contributed by atoms with van der Waals surface area (Å²) in [5.74, 6) is 0.358. The molecule has 0 spiro atoms. The molecule has 0 aromatic rings. The summed E-state index contributed by atoms with van der Waals surface area (Å²) in [6.07, 6.45) is 10.4. The summed E-state index contributed by atoms with van der Waals surface area (Å²) in [6, 6.07) is 0.783. The molecule has 2 rings (SSSR count). The number of likely N-dealkylation sites (tertiary alicyclic amines) is 1. The van der Waals surface area contributed by atoms with E-state index < -0.39 is 0 Å². The van der Waals surface area contributed by atoms with Crippen molar-refractivity contribution in [1.82, 2.24) is 4.90 Å². The highest BCUT2D eigenvalue weighted by Gasteiger charge is 2.43. The Morgan fingerprint density at radius 1 is 1.05 bits per heavy atom. The lowest BCUT2D eigenvalue weighted by Gasteiger charge is -2.45. The molecule has 1 saturated carbocycles. The molecule has 1 amide bonds. The van der Waals surface area contributed by atoms with Crippen LogP contribution in [0, 0.1) is 5.41 Å². The predicted octanol–water partition coefficient (Wildman–Crippen LogP) is 3.08. The van der Waals surface area contributed by atoms with Gasteiger partial charge in [0.05, 0.1) is 5.41 Å². The minimum absolute atomic E-state index is 0.254. The Morgan fingerprint density at radius 2 is 1.58 bits per heavy atom. The van der Waals surface area contributed by atoms with E-state index in [1.807, 2.05) is 0 Å². The van der Waals surface area contributed by atoms with E-state index in [0.717, 1.165) is 25.7 Å². The highest BCUT2D eigenvalue weighted by atomic mass is 16.2. The number of rotatable bonds is 2. The predicted molar refractivity (Wildman–Crippen MR) is 78.8 cm³/mol. The highest BCUT2D eigenvalue weighted by Crippen LogP contribution is 2.38. The van der Waals surface area contributed by atoms with Crippen LogP contribution < -0.4 is 5.73 Å². The number of nitrogens with zero attached hydrogens (tertiary/aromatic N) is 1. The topological polar surface area (TPSA) is 46.3 Å².